The van der Waals surface area contributed by atoms with Gasteiger partial charge in [-0.1, -0.05) is 66.2 Å². The molecule has 6 heteroatoms. The number of nitrogens with zero attached hydrogens (tertiary/aromatic N) is 1. The molecular weight excluding hydrogens is 450 g/mol. The molecular formula is C27H20ClN3OS. The zero-order chi connectivity index (χ0) is 22.8. The number of hydrogen-bond donors (Lipinski definition) is 2. The number of amides is 1. The number of halogens is 1. The maximum absolute atomic E-state index is 13.0. The highest BCUT2D eigenvalue weighted by atomic mass is 35.5. The Labute approximate surface area is 200 Å². The fourth-order valence-electron chi connectivity index (χ4n) is 3.69. The topological polar surface area (TPSA) is 54.0 Å². The Kier molecular flexibility index (Phi) is 5.82. The standard InChI is InChI=1S/C27H20ClN3OS/c1-17-12-13-20(28)15-24(17)30-27-31-25(16-33-27)19-8-4-9-21(14-19)29-26(32)23-11-5-7-18-6-2-3-10-22(18)23/h2-16H,1H3,(H,29,32)(H,30,31). The molecule has 0 aliphatic carbocycles. The van der Waals surface area contributed by atoms with Crippen molar-refractivity contribution in [3.05, 3.63) is 106 Å². The summed E-state index contributed by atoms with van der Waals surface area (Å²) in [6.45, 7) is 2.02. The molecule has 0 aliphatic heterocycles. The molecule has 0 radical (unpaired) electrons. The van der Waals surface area contributed by atoms with E-state index >= 15 is 0 Å². The number of rotatable bonds is 5. The van der Waals surface area contributed by atoms with Gasteiger partial charge in [0.05, 0.1) is 5.69 Å². The van der Waals surface area contributed by atoms with Gasteiger partial charge in [-0.15, -0.1) is 11.3 Å². The number of carbonyl (C=O) groups is 1. The van der Waals surface area contributed by atoms with Gasteiger partial charge in [0, 0.05) is 32.9 Å². The van der Waals surface area contributed by atoms with Crippen LogP contribution in [0.25, 0.3) is 22.0 Å². The number of fused-ring (bicyclic) bond motifs is 1. The third-order valence-electron chi connectivity index (χ3n) is 5.40. The SMILES string of the molecule is Cc1ccc(Cl)cc1Nc1nc(-c2cccc(NC(=O)c3cccc4ccccc34)c2)cs1. The normalized spacial score (nSPS) is 10.8. The van der Waals surface area contributed by atoms with Crippen LogP contribution in [0.4, 0.5) is 16.5 Å². The monoisotopic (exact) mass is 469 g/mol. The summed E-state index contributed by atoms with van der Waals surface area (Å²) in [6.07, 6.45) is 0. The predicted molar refractivity (Wildman–Crippen MR) is 139 cm³/mol. The first-order valence-electron chi connectivity index (χ1n) is 10.4. The number of aromatic nitrogens is 1. The van der Waals surface area contributed by atoms with E-state index in [1.54, 1.807) is 0 Å². The minimum Gasteiger partial charge on any atom is -0.331 e. The average molecular weight is 470 g/mol. The lowest BCUT2D eigenvalue weighted by Crippen LogP contribution is -2.12. The van der Waals surface area contributed by atoms with Crippen LogP contribution < -0.4 is 10.6 Å². The quantitative estimate of drug-likeness (QED) is 0.275. The summed E-state index contributed by atoms with van der Waals surface area (Å²) in [7, 11) is 0. The van der Waals surface area contributed by atoms with E-state index < -0.39 is 0 Å². The van der Waals surface area contributed by atoms with Crippen molar-refractivity contribution >= 4 is 56.1 Å². The first kappa shape index (κ1) is 21.2. The smallest absolute Gasteiger partial charge is 0.256 e. The predicted octanol–water partition coefficient (Wildman–Crippen LogP) is 7.92. The molecule has 0 bridgehead atoms. The average Bonchev–Trinajstić information content (AvgIpc) is 3.30. The van der Waals surface area contributed by atoms with Crippen molar-refractivity contribution in [1.29, 1.82) is 0 Å². The van der Waals surface area contributed by atoms with Crippen LogP contribution in [-0.2, 0) is 0 Å². The summed E-state index contributed by atoms with van der Waals surface area (Å²) < 4.78 is 0. The van der Waals surface area contributed by atoms with Gasteiger partial charge in [0.1, 0.15) is 0 Å². The van der Waals surface area contributed by atoms with Gasteiger partial charge in [-0.25, -0.2) is 4.98 Å². The largest absolute Gasteiger partial charge is 0.331 e. The highest BCUT2D eigenvalue weighted by Gasteiger charge is 2.12. The highest BCUT2D eigenvalue weighted by Crippen LogP contribution is 2.31. The molecule has 4 nitrogen and oxygen atoms in total. The van der Waals surface area contributed by atoms with Crippen molar-refractivity contribution in [2.24, 2.45) is 0 Å². The van der Waals surface area contributed by atoms with E-state index in [9.17, 15) is 4.79 Å². The molecule has 1 amide bonds. The molecule has 0 atom stereocenters. The van der Waals surface area contributed by atoms with Crippen LogP contribution in [-0.4, -0.2) is 10.9 Å². The van der Waals surface area contributed by atoms with E-state index in [1.165, 1.54) is 11.3 Å². The number of benzene rings is 4. The van der Waals surface area contributed by atoms with Gasteiger partial charge < -0.3 is 10.6 Å². The van der Waals surface area contributed by atoms with Crippen molar-refractivity contribution in [2.45, 2.75) is 6.92 Å². The number of nitrogens with one attached hydrogen (secondary N) is 2. The minimum atomic E-state index is -0.138. The molecule has 0 aliphatic rings. The van der Waals surface area contributed by atoms with E-state index in [1.807, 2.05) is 97.2 Å². The van der Waals surface area contributed by atoms with Gasteiger partial charge in [0.25, 0.3) is 5.91 Å². The lowest BCUT2D eigenvalue weighted by Gasteiger charge is -2.09. The van der Waals surface area contributed by atoms with E-state index in [4.69, 9.17) is 16.6 Å². The second-order valence-electron chi connectivity index (χ2n) is 7.68. The number of aryl methyl sites for hydroxylation is 1. The molecule has 2 N–H and O–H groups in total. The number of thiazole rings is 1. The highest BCUT2D eigenvalue weighted by molar-refractivity contribution is 7.14. The Morgan fingerprint density at radius 2 is 1.76 bits per heavy atom. The summed E-state index contributed by atoms with van der Waals surface area (Å²) >= 11 is 7.65. The first-order valence-corrected chi connectivity index (χ1v) is 11.7. The minimum absolute atomic E-state index is 0.138. The summed E-state index contributed by atoms with van der Waals surface area (Å²) in [6, 6.07) is 27.1. The summed E-state index contributed by atoms with van der Waals surface area (Å²) in [4.78, 5) is 17.7. The number of hydrogen-bond acceptors (Lipinski definition) is 4. The Morgan fingerprint density at radius 1 is 0.939 bits per heavy atom. The van der Waals surface area contributed by atoms with Crippen LogP contribution in [0.3, 0.4) is 0 Å². The van der Waals surface area contributed by atoms with Gasteiger partial charge in [-0.05, 0) is 53.6 Å². The van der Waals surface area contributed by atoms with Gasteiger partial charge in [0.15, 0.2) is 5.13 Å². The second-order valence-corrected chi connectivity index (χ2v) is 8.98. The maximum Gasteiger partial charge on any atom is 0.256 e. The van der Waals surface area contributed by atoms with Gasteiger partial charge in [-0.3, -0.25) is 4.79 Å². The third kappa shape index (κ3) is 4.60. The second kappa shape index (κ2) is 9.06. The number of anilines is 3. The van der Waals surface area contributed by atoms with Crippen molar-refractivity contribution < 1.29 is 4.79 Å². The van der Waals surface area contributed by atoms with Crippen LogP contribution >= 0.6 is 22.9 Å². The van der Waals surface area contributed by atoms with Gasteiger partial charge in [0.2, 0.25) is 0 Å². The summed E-state index contributed by atoms with van der Waals surface area (Å²) in [5.41, 5.74) is 5.16. The molecule has 162 valence electrons. The zero-order valence-electron chi connectivity index (χ0n) is 17.8. The molecule has 1 aromatic heterocycles. The fourth-order valence-corrected chi connectivity index (χ4v) is 4.59. The molecule has 4 aromatic carbocycles. The van der Waals surface area contributed by atoms with Crippen LogP contribution in [0.2, 0.25) is 5.02 Å². The fraction of sp³-hybridized carbons (Fsp3) is 0.0370. The molecule has 0 saturated heterocycles. The van der Waals surface area contributed by atoms with E-state index in [0.29, 0.717) is 10.6 Å². The first-order chi connectivity index (χ1) is 16.1. The molecule has 1 heterocycles. The van der Waals surface area contributed by atoms with E-state index in [0.717, 1.165) is 44.1 Å². The molecule has 5 rings (SSSR count). The molecule has 0 unspecified atom stereocenters. The van der Waals surface area contributed by atoms with Crippen molar-refractivity contribution in [3.8, 4) is 11.3 Å². The van der Waals surface area contributed by atoms with E-state index in [2.05, 4.69) is 10.6 Å². The van der Waals surface area contributed by atoms with Gasteiger partial charge in [-0.2, -0.15) is 0 Å². The molecule has 33 heavy (non-hydrogen) atoms. The Balaban J connectivity index is 1.36. The lowest BCUT2D eigenvalue weighted by molar-refractivity contribution is 0.102. The van der Waals surface area contributed by atoms with Crippen LogP contribution in [0.1, 0.15) is 15.9 Å². The Hall–Kier alpha value is -3.67. The molecule has 0 saturated carbocycles. The van der Waals surface area contributed by atoms with Crippen molar-refractivity contribution in [3.63, 3.8) is 0 Å². The summed E-state index contributed by atoms with van der Waals surface area (Å²) in [5, 5.41) is 11.8. The molecule has 0 fully saturated rings. The molecule has 5 aromatic rings. The zero-order valence-corrected chi connectivity index (χ0v) is 19.4. The molecule has 0 spiro atoms. The van der Waals surface area contributed by atoms with E-state index in [-0.39, 0.29) is 5.91 Å². The third-order valence-corrected chi connectivity index (χ3v) is 6.39. The van der Waals surface area contributed by atoms with Crippen LogP contribution in [0.15, 0.2) is 90.3 Å². The number of carbonyl (C=O) groups excluding carboxylic acids is 1. The maximum atomic E-state index is 13.0. The van der Waals surface area contributed by atoms with Crippen LogP contribution in [0, 0.1) is 6.92 Å². The van der Waals surface area contributed by atoms with Crippen LogP contribution in [0.5, 0.6) is 0 Å². The lowest BCUT2D eigenvalue weighted by atomic mass is 10.0. The van der Waals surface area contributed by atoms with Crippen molar-refractivity contribution in [1.82, 2.24) is 4.98 Å². The van der Waals surface area contributed by atoms with Crippen molar-refractivity contribution in [2.75, 3.05) is 10.6 Å². The summed E-state index contributed by atoms with van der Waals surface area (Å²) in [5.74, 6) is -0.138. The Bertz CT molecular complexity index is 1470. The Morgan fingerprint density at radius 3 is 2.67 bits per heavy atom. The van der Waals surface area contributed by atoms with Gasteiger partial charge >= 0.3 is 0 Å².